The summed E-state index contributed by atoms with van der Waals surface area (Å²) in [5, 5.41) is 17.8. The zero-order valence-electron chi connectivity index (χ0n) is 15.4. The average molecular weight is 347 g/mol. The number of likely N-dealkylation sites (tertiary alicyclic amines) is 1. The van der Waals surface area contributed by atoms with E-state index in [-0.39, 0.29) is 17.2 Å². The van der Waals surface area contributed by atoms with Crippen LogP contribution in [0.2, 0.25) is 0 Å². The van der Waals surface area contributed by atoms with Crippen molar-refractivity contribution in [2.24, 2.45) is 4.99 Å². The number of hydrogen-bond donors (Lipinski definition) is 2. The van der Waals surface area contributed by atoms with E-state index in [1.807, 2.05) is 6.92 Å². The molecular weight excluding hydrogens is 318 g/mol. The Hall–Kier alpha value is -2.15. The third kappa shape index (κ3) is 5.70. The minimum absolute atomic E-state index is 0.118. The maximum Gasteiger partial charge on any atom is 0.274 e. The Labute approximate surface area is 149 Å². The summed E-state index contributed by atoms with van der Waals surface area (Å²) in [6, 6.07) is 7.73. The van der Waals surface area contributed by atoms with Gasteiger partial charge in [-0.15, -0.1) is 0 Å². The molecule has 2 rings (SSSR count). The molecule has 7 heteroatoms. The van der Waals surface area contributed by atoms with E-state index < -0.39 is 0 Å². The van der Waals surface area contributed by atoms with Crippen molar-refractivity contribution >= 4 is 11.6 Å². The summed E-state index contributed by atoms with van der Waals surface area (Å²) in [6.45, 7) is 9.68. The Morgan fingerprint density at radius 1 is 1.36 bits per heavy atom. The minimum Gasteiger partial charge on any atom is -0.357 e. The van der Waals surface area contributed by atoms with Crippen molar-refractivity contribution in [3.8, 4) is 0 Å². The fourth-order valence-corrected chi connectivity index (χ4v) is 3.06. The van der Waals surface area contributed by atoms with Crippen LogP contribution in [0.25, 0.3) is 0 Å². The van der Waals surface area contributed by atoms with Gasteiger partial charge in [0.05, 0.1) is 17.0 Å². The van der Waals surface area contributed by atoms with Gasteiger partial charge in [-0.2, -0.15) is 0 Å². The fourth-order valence-electron chi connectivity index (χ4n) is 3.06. The fraction of sp³-hybridized carbons (Fsp3) is 0.611. The van der Waals surface area contributed by atoms with Crippen molar-refractivity contribution < 1.29 is 4.92 Å². The first-order valence-electron chi connectivity index (χ1n) is 9.02. The first kappa shape index (κ1) is 19.2. The number of aliphatic imine (C=N–C) groups is 1. The van der Waals surface area contributed by atoms with Crippen molar-refractivity contribution in [2.45, 2.75) is 52.2 Å². The molecule has 138 valence electrons. The first-order chi connectivity index (χ1) is 12.0. The number of benzene rings is 1. The van der Waals surface area contributed by atoms with E-state index in [4.69, 9.17) is 0 Å². The number of nitrogens with zero attached hydrogens (tertiary/aromatic N) is 3. The lowest BCUT2D eigenvalue weighted by molar-refractivity contribution is -0.385. The van der Waals surface area contributed by atoms with Crippen molar-refractivity contribution in [1.29, 1.82) is 0 Å². The van der Waals surface area contributed by atoms with Gasteiger partial charge in [0.25, 0.3) is 5.69 Å². The smallest absolute Gasteiger partial charge is 0.274 e. The summed E-state index contributed by atoms with van der Waals surface area (Å²) >= 11 is 0. The summed E-state index contributed by atoms with van der Waals surface area (Å²) in [4.78, 5) is 17.8. The largest absolute Gasteiger partial charge is 0.357 e. The Kier molecular flexibility index (Phi) is 7.18. The van der Waals surface area contributed by atoms with Crippen molar-refractivity contribution in [2.75, 3.05) is 19.6 Å². The highest BCUT2D eigenvalue weighted by molar-refractivity contribution is 5.80. The van der Waals surface area contributed by atoms with E-state index in [2.05, 4.69) is 34.4 Å². The van der Waals surface area contributed by atoms with Crippen LogP contribution in [-0.4, -0.2) is 47.5 Å². The van der Waals surface area contributed by atoms with Gasteiger partial charge in [0.1, 0.15) is 0 Å². The second-order valence-corrected chi connectivity index (χ2v) is 6.63. The molecule has 1 aliphatic heterocycles. The molecule has 0 radical (unpaired) electrons. The lowest BCUT2D eigenvalue weighted by Gasteiger charge is -2.35. The molecule has 0 aromatic heterocycles. The van der Waals surface area contributed by atoms with Crippen molar-refractivity contribution in [3.63, 3.8) is 0 Å². The predicted molar refractivity (Wildman–Crippen MR) is 101 cm³/mol. The van der Waals surface area contributed by atoms with Crippen LogP contribution in [0.5, 0.6) is 0 Å². The number of piperidine rings is 1. The predicted octanol–water partition coefficient (Wildman–Crippen LogP) is 2.52. The van der Waals surface area contributed by atoms with E-state index in [1.54, 1.807) is 18.2 Å². The summed E-state index contributed by atoms with van der Waals surface area (Å²) in [5.74, 6) is 0.726. The Balaban J connectivity index is 1.99. The second-order valence-electron chi connectivity index (χ2n) is 6.63. The van der Waals surface area contributed by atoms with Crippen LogP contribution in [0, 0.1) is 10.1 Å². The molecule has 1 fully saturated rings. The third-order valence-electron chi connectivity index (χ3n) is 4.54. The van der Waals surface area contributed by atoms with Gasteiger partial charge in [0.15, 0.2) is 5.96 Å². The normalized spacial score (nSPS) is 16.9. The number of guanidine groups is 1. The SMILES string of the molecule is CCNC(=NCc1ccccc1[N+](=O)[O-])NC1CCN(C(C)C)CC1. The molecule has 0 atom stereocenters. The quantitative estimate of drug-likeness (QED) is 0.358. The molecule has 1 saturated heterocycles. The third-order valence-corrected chi connectivity index (χ3v) is 4.54. The highest BCUT2D eigenvalue weighted by Gasteiger charge is 2.21. The molecule has 1 heterocycles. The number of nitrogens with one attached hydrogen (secondary N) is 2. The van der Waals surface area contributed by atoms with Crippen LogP contribution < -0.4 is 10.6 Å². The van der Waals surface area contributed by atoms with Gasteiger partial charge in [0, 0.05) is 37.8 Å². The monoisotopic (exact) mass is 347 g/mol. The van der Waals surface area contributed by atoms with Crippen LogP contribution in [0.3, 0.4) is 0 Å². The van der Waals surface area contributed by atoms with Gasteiger partial charge in [-0.1, -0.05) is 18.2 Å². The zero-order chi connectivity index (χ0) is 18.2. The van der Waals surface area contributed by atoms with Crippen LogP contribution in [0.4, 0.5) is 5.69 Å². The average Bonchev–Trinajstić information content (AvgIpc) is 2.60. The molecule has 1 aromatic carbocycles. The zero-order valence-corrected chi connectivity index (χ0v) is 15.4. The second kappa shape index (κ2) is 9.36. The Bertz CT molecular complexity index is 595. The van der Waals surface area contributed by atoms with Crippen LogP contribution in [-0.2, 0) is 6.54 Å². The van der Waals surface area contributed by atoms with Gasteiger partial charge >= 0.3 is 0 Å². The van der Waals surface area contributed by atoms with Crippen LogP contribution >= 0.6 is 0 Å². The van der Waals surface area contributed by atoms with Gasteiger partial charge in [-0.05, 0) is 33.6 Å². The molecule has 0 amide bonds. The number of para-hydroxylation sites is 1. The standard InChI is InChI=1S/C18H29N5O2/c1-4-19-18(21-16-9-11-22(12-10-16)14(2)3)20-13-15-7-5-6-8-17(15)23(24)25/h5-8,14,16H,4,9-13H2,1-3H3,(H2,19,20,21). The number of hydrogen-bond acceptors (Lipinski definition) is 4. The van der Waals surface area contributed by atoms with E-state index >= 15 is 0 Å². The van der Waals surface area contributed by atoms with Crippen molar-refractivity contribution in [1.82, 2.24) is 15.5 Å². The number of rotatable bonds is 6. The molecule has 1 aliphatic rings. The topological polar surface area (TPSA) is 82.8 Å². The summed E-state index contributed by atoms with van der Waals surface area (Å²) in [5.41, 5.74) is 0.742. The molecule has 1 aromatic rings. The van der Waals surface area contributed by atoms with E-state index in [0.717, 1.165) is 38.4 Å². The van der Waals surface area contributed by atoms with E-state index in [0.29, 0.717) is 17.6 Å². The molecule has 0 unspecified atom stereocenters. The highest BCUT2D eigenvalue weighted by atomic mass is 16.6. The molecular formula is C18H29N5O2. The number of nitro benzene ring substituents is 1. The lowest BCUT2D eigenvalue weighted by atomic mass is 10.0. The Morgan fingerprint density at radius 3 is 2.64 bits per heavy atom. The molecule has 7 nitrogen and oxygen atoms in total. The Morgan fingerprint density at radius 2 is 2.04 bits per heavy atom. The van der Waals surface area contributed by atoms with Gasteiger partial charge < -0.3 is 15.5 Å². The van der Waals surface area contributed by atoms with E-state index in [1.165, 1.54) is 6.07 Å². The molecule has 25 heavy (non-hydrogen) atoms. The molecule has 0 spiro atoms. The molecule has 0 aliphatic carbocycles. The minimum atomic E-state index is -0.354. The van der Waals surface area contributed by atoms with Crippen molar-refractivity contribution in [3.05, 3.63) is 39.9 Å². The molecule has 2 N–H and O–H groups in total. The number of nitro groups is 1. The van der Waals surface area contributed by atoms with Gasteiger partial charge in [0.2, 0.25) is 0 Å². The van der Waals surface area contributed by atoms with E-state index in [9.17, 15) is 10.1 Å². The highest BCUT2D eigenvalue weighted by Crippen LogP contribution is 2.18. The van der Waals surface area contributed by atoms with Gasteiger partial charge in [-0.25, -0.2) is 4.99 Å². The maximum absolute atomic E-state index is 11.1. The summed E-state index contributed by atoms with van der Waals surface area (Å²) < 4.78 is 0. The molecule has 0 saturated carbocycles. The summed E-state index contributed by atoms with van der Waals surface area (Å²) in [6.07, 6.45) is 2.15. The van der Waals surface area contributed by atoms with Crippen LogP contribution in [0.1, 0.15) is 39.2 Å². The van der Waals surface area contributed by atoms with Crippen LogP contribution in [0.15, 0.2) is 29.3 Å². The summed E-state index contributed by atoms with van der Waals surface area (Å²) in [7, 11) is 0. The maximum atomic E-state index is 11.1. The van der Waals surface area contributed by atoms with Gasteiger partial charge in [-0.3, -0.25) is 10.1 Å². The first-order valence-corrected chi connectivity index (χ1v) is 9.02. The lowest BCUT2D eigenvalue weighted by Crippen LogP contribution is -2.49. The molecule has 0 bridgehead atoms.